The zero-order valence-corrected chi connectivity index (χ0v) is 15.9. The Balaban J connectivity index is 1.48. The number of nitro groups is 1. The summed E-state index contributed by atoms with van der Waals surface area (Å²) in [6.45, 7) is 1.80. The minimum absolute atomic E-state index is 0.00907. The Labute approximate surface area is 165 Å². The Morgan fingerprint density at radius 2 is 2.00 bits per heavy atom. The molecule has 0 fully saturated rings. The number of carbonyl (C=O) groups excluding carboxylic acids is 1. The van der Waals surface area contributed by atoms with Gasteiger partial charge in [0, 0.05) is 23.3 Å². The molecule has 142 valence electrons. The van der Waals surface area contributed by atoms with Crippen LogP contribution in [0.15, 0.2) is 52.1 Å². The van der Waals surface area contributed by atoms with Crippen LogP contribution in [0.25, 0.3) is 11.5 Å². The van der Waals surface area contributed by atoms with Crippen molar-refractivity contribution in [2.45, 2.75) is 36.7 Å². The fourth-order valence-corrected chi connectivity index (χ4v) is 4.05. The lowest BCUT2D eigenvalue weighted by atomic mass is 10.0. The van der Waals surface area contributed by atoms with Gasteiger partial charge in [-0.25, -0.2) is 0 Å². The number of carbonyl (C=O) groups is 1. The van der Waals surface area contributed by atoms with Gasteiger partial charge in [0.05, 0.1) is 10.2 Å². The second-order valence-corrected chi connectivity index (χ2v) is 7.93. The first-order valence-electron chi connectivity index (χ1n) is 8.92. The van der Waals surface area contributed by atoms with E-state index in [4.69, 9.17) is 4.42 Å². The van der Waals surface area contributed by atoms with Crippen LogP contribution < -0.4 is 0 Å². The summed E-state index contributed by atoms with van der Waals surface area (Å²) in [5.74, 6) is 0.193. The molecule has 1 atom stereocenters. The van der Waals surface area contributed by atoms with Crippen molar-refractivity contribution in [1.82, 2.24) is 10.2 Å². The van der Waals surface area contributed by atoms with E-state index in [1.165, 1.54) is 35.0 Å². The Morgan fingerprint density at radius 3 is 2.82 bits per heavy atom. The topological polar surface area (TPSA) is 99.1 Å². The second kappa shape index (κ2) is 7.55. The number of nitrogens with zero attached hydrogens (tertiary/aromatic N) is 3. The maximum Gasteiger partial charge on any atom is 0.277 e. The molecule has 1 aromatic heterocycles. The zero-order chi connectivity index (χ0) is 19.7. The van der Waals surface area contributed by atoms with Crippen molar-refractivity contribution in [3.63, 3.8) is 0 Å². The van der Waals surface area contributed by atoms with Crippen molar-refractivity contribution in [2.75, 3.05) is 0 Å². The molecule has 4 rings (SSSR count). The van der Waals surface area contributed by atoms with Crippen molar-refractivity contribution in [3.8, 4) is 11.5 Å². The second-order valence-electron chi connectivity index (χ2n) is 6.64. The average Bonchev–Trinajstić information content (AvgIpc) is 3.36. The molecule has 0 amide bonds. The summed E-state index contributed by atoms with van der Waals surface area (Å²) in [6.07, 6.45) is 3.24. The zero-order valence-electron chi connectivity index (χ0n) is 15.1. The third-order valence-electron chi connectivity index (χ3n) is 4.74. The van der Waals surface area contributed by atoms with Gasteiger partial charge in [-0.2, -0.15) is 0 Å². The first-order valence-corrected chi connectivity index (χ1v) is 9.80. The molecule has 7 nitrogen and oxygen atoms in total. The average molecular weight is 395 g/mol. The molecule has 28 heavy (non-hydrogen) atoms. The summed E-state index contributed by atoms with van der Waals surface area (Å²) in [6, 6.07) is 11.9. The van der Waals surface area contributed by atoms with Crippen molar-refractivity contribution in [1.29, 1.82) is 0 Å². The maximum atomic E-state index is 12.8. The number of ketones is 1. The highest BCUT2D eigenvalue weighted by Gasteiger charge is 2.22. The van der Waals surface area contributed by atoms with Gasteiger partial charge in [0.1, 0.15) is 0 Å². The van der Waals surface area contributed by atoms with Crippen LogP contribution in [0.4, 0.5) is 5.69 Å². The van der Waals surface area contributed by atoms with Crippen LogP contribution in [0, 0.1) is 10.1 Å². The van der Waals surface area contributed by atoms with E-state index in [-0.39, 0.29) is 22.6 Å². The van der Waals surface area contributed by atoms with Crippen LogP contribution >= 0.6 is 11.8 Å². The predicted molar refractivity (Wildman–Crippen MR) is 105 cm³/mol. The number of aromatic nitrogens is 2. The first kappa shape index (κ1) is 18.4. The molecular formula is C20H17N3O4S. The van der Waals surface area contributed by atoms with Gasteiger partial charge in [0.15, 0.2) is 5.78 Å². The van der Waals surface area contributed by atoms with E-state index in [1.807, 2.05) is 18.2 Å². The van der Waals surface area contributed by atoms with E-state index in [0.717, 1.165) is 19.3 Å². The normalized spacial score (nSPS) is 13.9. The van der Waals surface area contributed by atoms with Gasteiger partial charge < -0.3 is 4.42 Å². The van der Waals surface area contributed by atoms with Gasteiger partial charge in [-0.3, -0.25) is 14.9 Å². The summed E-state index contributed by atoms with van der Waals surface area (Å²) < 4.78 is 5.60. The molecular weight excluding hydrogens is 378 g/mol. The smallest absolute Gasteiger partial charge is 0.277 e. The van der Waals surface area contributed by atoms with Gasteiger partial charge in [-0.15, -0.1) is 10.2 Å². The number of nitro benzene ring substituents is 1. The van der Waals surface area contributed by atoms with Gasteiger partial charge >= 0.3 is 0 Å². The fourth-order valence-electron chi connectivity index (χ4n) is 3.29. The minimum Gasteiger partial charge on any atom is -0.411 e. The molecule has 0 saturated heterocycles. The van der Waals surface area contributed by atoms with E-state index < -0.39 is 10.2 Å². The summed E-state index contributed by atoms with van der Waals surface area (Å²) in [4.78, 5) is 23.2. The molecule has 0 saturated carbocycles. The quantitative estimate of drug-likeness (QED) is 0.262. The molecule has 0 unspecified atom stereocenters. The summed E-state index contributed by atoms with van der Waals surface area (Å²) in [7, 11) is 0. The molecule has 1 aliphatic rings. The van der Waals surface area contributed by atoms with Crippen molar-refractivity contribution >= 4 is 23.2 Å². The molecule has 0 aliphatic heterocycles. The van der Waals surface area contributed by atoms with Crippen LogP contribution in [0.2, 0.25) is 0 Å². The number of rotatable bonds is 6. The number of hydrogen-bond donors (Lipinski definition) is 0. The van der Waals surface area contributed by atoms with Crippen LogP contribution in [0.3, 0.4) is 0 Å². The number of hydrogen-bond acceptors (Lipinski definition) is 7. The Bertz CT molecular complexity index is 1060. The van der Waals surface area contributed by atoms with Gasteiger partial charge in [0.25, 0.3) is 10.9 Å². The first-order chi connectivity index (χ1) is 13.5. The lowest BCUT2D eigenvalue weighted by Gasteiger charge is -2.09. The van der Waals surface area contributed by atoms with Gasteiger partial charge in [-0.05, 0) is 49.4 Å². The minimum atomic E-state index is -0.479. The van der Waals surface area contributed by atoms with Crippen molar-refractivity contribution < 1.29 is 14.1 Å². The lowest BCUT2D eigenvalue weighted by molar-refractivity contribution is -0.384. The third-order valence-corrected chi connectivity index (χ3v) is 5.67. The molecule has 0 N–H and O–H groups in total. The molecule has 0 bridgehead atoms. The van der Waals surface area contributed by atoms with E-state index in [1.54, 1.807) is 19.1 Å². The molecule has 1 aliphatic carbocycles. The van der Waals surface area contributed by atoms with Crippen LogP contribution in [-0.4, -0.2) is 26.2 Å². The largest absolute Gasteiger partial charge is 0.411 e. The Hall–Kier alpha value is -3.00. The van der Waals surface area contributed by atoms with E-state index in [0.29, 0.717) is 11.1 Å². The number of thioether (sulfide) groups is 1. The van der Waals surface area contributed by atoms with E-state index in [2.05, 4.69) is 10.2 Å². The predicted octanol–water partition coefficient (Wildman–Crippen LogP) is 4.50. The number of benzene rings is 2. The third kappa shape index (κ3) is 3.68. The summed E-state index contributed by atoms with van der Waals surface area (Å²) in [5.41, 5.74) is 3.69. The monoisotopic (exact) mass is 395 g/mol. The van der Waals surface area contributed by atoms with E-state index in [9.17, 15) is 14.9 Å². The van der Waals surface area contributed by atoms with Crippen LogP contribution in [0.1, 0.15) is 34.8 Å². The SMILES string of the molecule is C[C@@H](Sc1nnc(-c2cccc([N+](=O)[O-])c2)o1)C(=O)c1ccc2c(c1)CCC2. The molecule has 8 heteroatoms. The Kier molecular flexibility index (Phi) is 4.95. The number of Topliss-reactive ketones (excluding diaryl/α,β-unsaturated/α-hetero) is 1. The van der Waals surface area contributed by atoms with Crippen LogP contribution in [0.5, 0.6) is 0 Å². The maximum absolute atomic E-state index is 12.8. The molecule has 1 heterocycles. The molecule has 3 aromatic rings. The fraction of sp³-hybridized carbons (Fsp3) is 0.250. The standard InChI is InChI=1S/C20H17N3O4S/c1-12(18(24)15-9-8-13-4-2-5-14(13)10-15)28-20-22-21-19(27-20)16-6-3-7-17(11-16)23(25)26/h3,6-12H,2,4-5H2,1H3/t12-/m1/s1. The molecule has 0 radical (unpaired) electrons. The van der Waals surface area contributed by atoms with Crippen molar-refractivity contribution in [2.24, 2.45) is 0 Å². The highest BCUT2D eigenvalue weighted by molar-refractivity contribution is 8.00. The van der Waals surface area contributed by atoms with Gasteiger partial charge in [0.2, 0.25) is 5.89 Å². The van der Waals surface area contributed by atoms with E-state index >= 15 is 0 Å². The lowest BCUT2D eigenvalue weighted by Crippen LogP contribution is -2.13. The number of aryl methyl sites for hydroxylation is 2. The molecule has 0 spiro atoms. The highest BCUT2D eigenvalue weighted by atomic mass is 32.2. The van der Waals surface area contributed by atoms with Crippen LogP contribution in [-0.2, 0) is 12.8 Å². The Morgan fingerprint density at radius 1 is 1.18 bits per heavy atom. The summed E-state index contributed by atoms with van der Waals surface area (Å²) in [5, 5.41) is 18.7. The highest BCUT2D eigenvalue weighted by Crippen LogP contribution is 2.30. The van der Waals surface area contributed by atoms with Crippen molar-refractivity contribution in [3.05, 3.63) is 69.3 Å². The number of fused-ring (bicyclic) bond motifs is 1. The summed E-state index contributed by atoms with van der Waals surface area (Å²) >= 11 is 1.18. The molecule has 2 aromatic carbocycles. The number of non-ortho nitro benzene ring substituents is 1. The van der Waals surface area contributed by atoms with Gasteiger partial charge in [-0.1, -0.05) is 30.0 Å².